The number of rotatable bonds is 3. The van der Waals surface area contributed by atoms with Gasteiger partial charge in [-0.1, -0.05) is 0 Å². The smallest absolute Gasteiger partial charge is 0.264 e. The van der Waals surface area contributed by atoms with Gasteiger partial charge in [0.2, 0.25) is 0 Å². The monoisotopic (exact) mass is 244 g/mol. The van der Waals surface area contributed by atoms with E-state index in [0.29, 0.717) is 12.5 Å². The van der Waals surface area contributed by atoms with Crippen molar-refractivity contribution in [3.63, 3.8) is 0 Å². The normalized spacial score (nSPS) is 46.2. The predicted molar refractivity (Wildman–Crippen MR) is 61.3 cm³/mol. The van der Waals surface area contributed by atoms with Crippen molar-refractivity contribution in [1.29, 1.82) is 0 Å². The minimum Gasteiger partial charge on any atom is -0.270 e. The fourth-order valence-electron chi connectivity index (χ4n) is 4.51. The van der Waals surface area contributed by atoms with E-state index in [1.54, 1.807) is 0 Å². The van der Waals surface area contributed by atoms with E-state index in [-0.39, 0.29) is 0 Å². The Morgan fingerprint density at radius 1 is 1.00 bits per heavy atom. The molecular weight excluding hydrogens is 224 g/mol. The van der Waals surface area contributed by atoms with Crippen molar-refractivity contribution >= 4 is 10.1 Å². The molecule has 4 aliphatic rings. The lowest BCUT2D eigenvalue weighted by molar-refractivity contribution is -0.0519. The predicted octanol–water partition coefficient (Wildman–Crippen LogP) is 2.03. The van der Waals surface area contributed by atoms with Crippen LogP contribution in [0.15, 0.2) is 0 Å². The summed E-state index contributed by atoms with van der Waals surface area (Å²) in [6, 6.07) is 0. The standard InChI is InChI=1S/C12H20O3S/c1-16(13,14)15-7-12-10-3-8-2-9(5-10)6-11(12)4-8/h8-12H,2-7H2,1H3. The third-order valence-corrected chi connectivity index (χ3v) is 5.46. The molecule has 0 unspecified atom stereocenters. The molecule has 0 spiro atoms. The Morgan fingerprint density at radius 3 is 1.94 bits per heavy atom. The molecular formula is C12H20O3S. The zero-order valence-corrected chi connectivity index (χ0v) is 10.6. The average Bonchev–Trinajstić information content (AvgIpc) is 2.13. The van der Waals surface area contributed by atoms with E-state index in [2.05, 4.69) is 0 Å². The third kappa shape index (κ3) is 2.02. The van der Waals surface area contributed by atoms with Crippen LogP contribution >= 0.6 is 0 Å². The van der Waals surface area contributed by atoms with Gasteiger partial charge in [0.25, 0.3) is 10.1 Å². The van der Waals surface area contributed by atoms with E-state index in [1.165, 1.54) is 32.1 Å². The second-order valence-corrected chi connectivity index (χ2v) is 7.73. The van der Waals surface area contributed by atoms with Gasteiger partial charge in [-0.2, -0.15) is 8.42 Å². The van der Waals surface area contributed by atoms with Gasteiger partial charge in [0.1, 0.15) is 0 Å². The first-order chi connectivity index (χ1) is 7.51. The second kappa shape index (κ2) is 3.70. The van der Waals surface area contributed by atoms with Crippen LogP contribution in [0.25, 0.3) is 0 Å². The maximum atomic E-state index is 11.0. The molecule has 0 aromatic heterocycles. The molecule has 0 aliphatic heterocycles. The van der Waals surface area contributed by atoms with E-state index in [9.17, 15) is 8.42 Å². The molecule has 0 radical (unpaired) electrons. The van der Waals surface area contributed by atoms with Gasteiger partial charge in [-0.25, -0.2) is 0 Å². The van der Waals surface area contributed by atoms with Crippen molar-refractivity contribution < 1.29 is 12.6 Å². The highest BCUT2D eigenvalue weighted by Gasteiger charge is 2.48. The molecule has 3 nitrogen and oxygen atoms in total. The van der Waals surface area contributed by atoms with Gasteiger partial charge < -0.3 is 0 Å². The maximum absolute atomic E-state index is 11.0. The minimum atomic E-state index is -3.26. The topological polar surface area (TPSA) is 43.4 Å². The molecule has 16 heavy (non-hydrogen) atoms. The largest absolute Gasteiger partial charge is 0.270 e. The fourth-order valence-corrected chi connectivity index (χ4v) is 4.92. The Balaban J connectivity index is 1.68. The van der Waals surface area contributed by atoms with Crippen LogP contribution in [0.1, 0.15) is 32.1 Å². The number of hydrogen-bond donors (Lipinski definition) is 0. The molecule has 0 atom stereocenters. The van der Waals surface area contributed by atoms with Gasteiger partial charge >= 0.3 is 0 Å². The highest BCUT2D eigenvalue weighted by atomic mass is 32.2. The molecule has 4 saturated carbocycles. The summed E-state index contributed by atoms with van der Waals surface area (Å²) in [5, 5.41) is 0. The van der Waals surface area contributed by atoms with Crippen LogP contribution in [0.4, 0.5) is 0 Å². The van der Waals surface area contributed by atoms with Gasteiger partial charge in [0, 0.05) is 0 Å². The molecule has 4 bridgehead atoms. The summed E-state index contributed by atoms with van der Waals surface area (Å²) in [5.41, 5.74) is 0. The van der Waals surface area contributed by atoms with Gasteiger partial charge in [0.05, 0.1) is 12.9 Å². The van der Waals surface area contributed by atoms with Crippen LogP contribution in [-0.4, -0.2) is 21.3 Å². The summed E-state index contributed by atoms with van der Waals surface area (Å²) in [6.07, 6.45) is 7.89. The molecule has 0 saturated heterocycles. The van der Waals surface area contributed by atoms with Crippen LogP contribution in [0.5, 0.6) is 0 Å². The lowest BCUT2D eigenvalue weighted by atomic mass is 9.52. The van der Waals surface area contributed by atoms with Crippen molar-refractivity contribution in [3.05, 3.63) is 0 Å². The zero-order chi connectivity index (χ0) is 11.3. The van der Waals surface area contributed by atoms with Crippen LogP contribution in [0, 0.1) is 29.6 Å². The molecule has 4 rings (SSSR count). The SMILES string of the molecule is CS(=O)(=O)OCC1C2CC3CC(C2)CC1C3. The summed E-state index contributed by atoms with van der Waals surface area (Å²) >= 11 is 0. The molecule has 92 valence electrons. The lowest BCUT2D eigenvalue weighted by Gasteiger charge is -2.54. The Hall–Kier alpha value is -0.0900. The summed E-state index contributed by atoms with van der Waals surface area (Å²) in [4.78, 5) is 0. The molecule has 0 heterocycles. The maximum Gasteiger partial charge on any atom is 0.264 e. The highest BCUT2D eigenvalue weighted by Crippen LogP contribution is 2.56. The molecule has 0 N–H and O–H groups in total. The quantitative estimate of drug-likeness (QED) is 0.713. The van der Waals surface area contributed by atoms with Crippen molar-refractivity contribution in [2.24, 2.45) is 29.6 Å². The van der Waals surface area contributed by atoms with Crippen LogP contribution in [0.2, 0.25) is 0 Å². The molecule has 0 aromatic rings. The lowest BCUT2D eigenvalue weighted by Crippen LogP contribution is -2.46. The van der Waals surface area contributed by atoms with Gasteiger partial charge in [0.15, 0.2) is 0 Å². The first-order valence-electron chi connectivity index (χ1n) is 6.35. The van der Waals surface area contributed by atoms with E-state index in [1.807, 2.05) is 0 Å². The van der Waals surface area contributed by atoms with Gasteiger partial charge in [-0.3, -0.25) is 4.18 Å². The Morgan fingerprint density at radius 2 is 1.50 bits per heavy atom. The van der Waals surface area contributed by atoms with Gasteiger partial charge in [-0.15, -0.1) is 0 Å². The van der Waals surface area contributed by atoms with E-state index in [4.69, 9.17) is 4.18 Å². The van der Waals surface area contributed by atoms with Crippen molar-refractivity contribution in [1.82, 2.24) is 0 Å². The first kappa shape index (κ1) is 11.0. The van der Waals surface area contributed by atoms with E-state index >= 15 is 0 Å². The molecule has 4 heteroatoms. The van der Waals surface area contributed by atoms with Crippen LogP contribution in [0.3, 0.4) is 0 Å². The summed E-state index contributed by atoms with van der Waals surface area (Å²) in [7, 11) is -3.26. The molecule has 0 amide bonds. The first-order valence-corrected chi connectivity index (χ1v) is 8.17. The van der Waals surface area contributed by atoms with Crippen molar-refractivity contribution in [3.8, 4) is 0 Å². The summed E-state index contributed by atoms with van der Waals surface area (Å²) < 4.78 is 27.1. The average molecular weight is 244 g/mol. The molecule has 4 fully saturated rings. The Labute approximate surface area is 97.7 Å². The van der Waals surface area contributed by atoms with E-state index < -0.39 is 10.1 Å². The van der Waals surface area contributed by atoms with Crippen molar-refractivity contribution in [2.45, 2.75) is 32.1 Å². The van der Waals surface area contributed by atoms with E-state index in [0.717, 1.165) is 29.9 Å². The van der Waals surface area contributed by atoms with Crippen molar-refractivity contribution in [2.75, 3.05) is 12.9 Å². The minimum absolute atomic E-state index is 0.438. The molecule has 4 aliphatic carbocycles. The summed E-state index contributed by atoms with van der Waals surface area (Å²) in [5.74, 6) is 3.90. The van der Waals surface area contributed by atoms with Gasteiger partial charge in [-0.05, 0) is 61.7 Å². The Kier molecular flexibility index (Phi) is 2.55. The number of hydrogen-bond acceptors (Lipinski definition) is 3. The third-order valence-electron chi connectivity index (χ3n) is 4.90. The zero-order valence-electron chi connectivity index (χ0n) is 9.76. The highest BCUT2D eigenvalue weighted by molar-refractivity contribution is 7.85. The second-order valence-electron chi connectivity index (χ2n) is 6.08. The fraction of sp³-hybridized carbons (Fsp3) is 1.00. The Bertz CT molecular complexity index is 346. The van der Waals surface area contributed by atoms with Crippen LogP contribution in [-0.2, 0) is 14.3 Å². The molecule has 0 aromatic carbocycles. The summed E-state index contributed by atoms with van der Waals surface area (Å²) in [6.45, 7) is 0.438. The van der Waals surface area contributed by atoms with Crippen LogP contribution < -0.4 is 0 Å².